The number of para-hydroxylation sites is 4. The molecule has 6 aromatic rings. The van der Waals surface area contributed by atoms with Gasteiger partial charge in [0.2, 0.25) is 0 Å². The predicted molar refractivity (Wildman–Crippen MR) is 185 cm³/mol. The number of benzene rings is 6. The molecule has 0 unspecified atom stereocenters. The van der Waals surface area contributed by atoms with Gasteiger partial charge in [-0.1, -0.05) is 100 Å². The second kappa shape index (κ2) is 11.4. The standard InChI is InChI=1S/C42H28F8N2/c1-41(2)21-13-5-9-17-25(21)51(26-18-10-6-14-22(26)41)39-35(47)31(43)29(32(44)36(39)48)30-33(45)37(49)40(38(50)34(30)46)52-27-19-11-7-15-23(27)42(3,4)24-16-8-12-20-28(24)52/h5-20H,1-4H3. The summed E-state index contributed by atoms with van der Waals surface area (Å²) in [4.78, 5) is 1.97. The molecular formula is C42H28F8N2. The van der Waals surface area contributed by atoms with Gasteiger partial charge < -0.3 is 9.80 Å². The molecule has 0 N–H and O–H groups in total. The molecule has 10 heteroatoms. The number of rotatable bonds is 3. The molecule has 2 aliphatic rings. The lowest BCUT2D eigenvalue weighted by Gasteiger charge is -2.42. The summed E-state index contributed by atoms with van der Waals surface area (Å²) in [5, 5.41) is 0. The smallest absolute Gasteiger partial charge is 0.186 e. The van der Waals surface area contributed by atoms with Gasteiger partial charge in [-0.2, -0.15) is 0 Å². The van der Waals surface area contributed by atoms with E-state index in [0.29, 0.717) is 22.3 Å². The van der Waals surface area contributed by atoms with Gasteiger partial charge >= 0.3 is 0 Å². The average Bonchev–Trinajstić information content (AvgIpc) is 3.14. The number of hydrogen-bond acceptors (Lipinski definition) is 2. The molecule has 0 fully saturated rings. The fourth-order valence-corrected chi connectivity index (χ4v) is 7.89. The summed E-state index contributed by atoms with van der Waals surface area (Å²) in [6, 6.07) is 25.9. The Labute approximate surface area is 294 Å². The molecule has 0 radical (unpaired) electrons. The van der Waals surface area contributed by atoms with Crippen LogP contribution in [-0.4, -0.2) is 0 Å². The van der Waals surface area contributed by atoms with Crippen molar-refractivity contribution in [3.63, 3.8) is 0 Å². The highest BCUT2D eigenvalue weighted by molar-refractivity contribution is 5.89. The van der Waals surface area contributed by atoms with Crippen LogP contribution in [0.2, 0.25) is 0 Å². The lowest BCUT2D eigenvalue weighted by atomic mass is 9.73. The van der Waals surface area contributed by atoms with Gasteiger partial charge in [-0.3, -0.25) is 0 Å². The SMILES string of the molecule is CC1(C)c2ccccc2N(c2c(F)c(F)c(-c3c(F)c(F)c(N4c5ccccc5C(C)(C)c5ccccc54)c(F)c3F)c(F)c2F)c2ccccc21. The molecule has 0 bridgehead atoms. The van der Waals surface area contributed by atoms with Crippen molar-refractivity contribution in [1.29, 1.82) is 0 Å². The molecule has 0 atom stereocenters. The summed E-state index contributed by atoms with van der Waals surface area (Å²) in [6.07, 6.45) is 0. The first-order valence-corrected chi connectivity index (χ1v) is 16.4. The van der Waals surface area contributed by atoms with Crippen molar-refractivity contribution in [2.45, 2.75) is 38.5 Å². The van der Waals surface area contributed by atoms with E-state index in [0.717, 1.165) is 9.80 Å². The van der Waals surface area contributed by atoms with Crippen LogP contribution in [-0.2, 0) is 10.8 Å². The van der Waals surface area contributed by atoms with Gasteiger partial charge in [-0.25, -0.2) is 35.1 Å². The van der Waals surface area contributed by atoms with Crippen LogP contribution in [0.25, 0.3) is 11.1 Å². The van der Waals surface area contributed by atoms with Crippen molar-refractivity contribution >= 4 is 34.1 Å². The quantitative estimate of drug-likeness (QED) is 0.133. The Balaban J connectivity index is 1.36. The van der Waals surface area contributed by atoms with Gasteiger partial charge in [0.05, 0.1) is 33.9 Å². The Morgan fingerprint density at radius 2 is 0.538 bits per heavy atom. The monoisotopic (exact) mass is 712 g/mol. The van der Waals surface area contributed by atoms with E-state index in [9.17, 15) is 0 Å². The van der Waals surface area contributed by atoms with Crippen LogP contribution in [0.3, 0.4) is 0 Å². The molecular weight excluding hydrogens is 684 g/mol. The zero-order valence-electron chi connectivity index (χ0n) is 28.2. The highest BCUT2D eigenvalue weighted by Gasteiger charge is 2.43. The van der Waals surface area contributed by atoms with Crippen LogP contribution in [0.5, 0.6) is 0 Å². The minimum atomic E-state index is -2.24. The van der Waals surface area contributed by atoms with Crippen LogP contribution in [0, 0.1) is 46.5 Å². The topological polar surface area (TPSA) is 6.48 Å². The number of fused-ring (bicyclic) bond motifs is 4. The van der Waals surface area contributed by atoms with Gasteiger partial charge in [-0.15, -0.1) is 0 Å². The van der Waals surface area contributed by atoms with E-state index in [4.69, 9.17) is 0 Å². The number of hydrogen-bond donors (Lipinski definition) is 0. The third-order valence-corrected chi connectivity index (χ3v) is 10.5. The Hall–Kier alpha value is -5.64. The molecule has 52 heavy (non-hydrogen) atoms. The number of anilines is 6. The molecule has 0 amide bonds. The number of halogens is 8. The molecule has 0 aliphatic carbocycles. The van der Waals surface area contributed by atoms with Crippen molar-refractivity contribution in [1.82, 2.24) is 0 Å². The molecule has 262 valence electrons. The van der Waals surface area contributed by atoms with Crippen LogP contribution in [0.15, 0.2) is 97.1 Å². The molecule has 0 saturated heterocycles. The zero-order valence-corrected chi connectivity index (χ0v) is 28.2. The van der Waals surface area contributed by atoms with E-state index in [1.165, 1.54) is 24.3 Å². The Morgan fingerprint density at radius 3 is 0.769 bits per heavy atom. The van der Waals surface area contributed by atoms with Gasteiger partial charge in [-0.05, 0) is 46.5 Å². The second-order valence-electron chi connectivity index (χ2n) is 13.9. The third kappa shape index (κ3) is 4.36. The molecule has 2 nitrogen and oxygen atoms in total. The van der Waals surface area contributed by atoms with Crippen molar-refractivity contribution in [3.05, 3.63) is 166 Å². The van der Waals surface area contributed by atoms with Gasteiger partial charge in [0.25, 0.3) is 0 Å². The van der Waals surface area contributed by atoms with Crippen LogP contribution < -0.4 is 9.80 Å². The highest BCUT2D eigenvalue weighted by Crippen LogP contribution is 2.56. The molecule has 0 spiro atoms. The summed E-state index contributed by atoms with van der Waals surface area (Å²) < 4.78 is 130. The van der Waals surface area contributed by atoms with E-state index in [1.54, 1.807) is 72.8 Å². The van der Waals surface area contributed by atoms with Crippen LogP contribution in [0.4, 0.5) is 69.2 Å². The number of nitrogens with zero attached hydrogens (tertiary/aromatic N) is 2. The lowest BCUT2D eigenvalue weighted by molar-refractivity contribution is 0.444. The highest BCUT2D eigenvalue weighted by atomic mass is 19.2. The van der Waals surface area contributed by atoms with Crippen LogP contribution >= 0.6 is 0 Å². The first kappa shape index (κ1) is 33.5. The summed E-state index contributed by atoms with van der Waals surface area (Å²) in [5.41, 5.74) is -4.65. The Bertz CT molecular complexity index is 2160. The minimum Gasteiger partial charge on any atom is -0.304 e. The van der Waals surface area contributed by atoms with Gasteiger partial charge in [0, 0.05) is 10.8 Å². The first-order chi connectivity index (χ1) is 24.7. The van der Waals surface area contributed by atoms with Crippen molar-refractivity contribution in [2.75, 3.05) is 9.80 Å². The van der Waals surface area contributed by atoms with E-state index in [-0.39, 0.29) is 22.7 Å². The third-order valence-electron chi connectivity index (χ3n) is 10.5. The maximum absolute atomic E-state index is 16.3. The predicted octanol–water partition coefficient (Wildman–Crippen LogP) is 12.7. The summed E-state index contributed by atoms with van der Waals surface area (Å²) in [6.45, 7) is 7.50. The summed E-state index contributed by atoms with van der Waals surface area (Å²) in [7, 11) is 0. The largest absolute Gasteiger partial charge is 0.304 e. The van der Waals surface area contributed by atoms with E-state index in [2.05, 4.69) is 0 Å². The molecule has 0 saturated carbocycles. The zero-order chi connectivity index (χ0) is 37.0. The molecule has 0 aromatic heterocycles. The average molecular weight is 713 g/mol. The van der Waals surface area contributed by atoms with Crippen molar-refractivity contribution in [2.24, 2.45) is 0 Å². The van der Waals surface area contributed by atoms with Gasteiger partial charge in [0.15, 0.2) is 46.5 Å². The van der Waals surface area contributed by atoms with Crippen molar-refractivity contribution in [3.8, 4) is 11.1 Å². The molecule has 2 aliphatic heterocycles. The molecule has 8 rings (SSSR count). The van der Waals surface area contributed by atoms with Crippen LogP contribution in [0.1, 0.15) is 49.9 Å². The first-order valence-electron chi connectivity index (χ1n) is 16.4. The minimum absolute atomic E-state index is 0.194. The summed E-state index contributed by atoms with van der Waals surface area (Å²) >= 11 is 0. The van der Waals surface area contributed by atoms with E-state index < -0.39 is 79.9 Å². The van der Waals surface area contributed by atoms with E-state index in [1.807, 2.05) is 27.7 Å². The second-order valence-corrected chi connectivity index (χ2v) is 13.9. The maximum atomic E-state index is 16.3. The van der Waals surface area contributed by atoms with Crippen molar-refractivity contribution < 1.29 is 35.1 Å². The maximum Gasteiger partial charge on any atom is 0.186 e. The van der Waals surface area contributed by atoms with Gasteiger partial charge in [0.1, 0.15) is 11.4 Å². The Morgan fingerprint density at radius 1 is 0.327 bits per heavy atom. The van der Waals surface area contributed by atoms with E-state index >= 15 is 35.1 Å². The lowest BCUT2D eigenvalue weighted by Crippen LogP contribution is -2.32. The Kier molecular flexibility index (Phi) is 7.37. The molecule has 6 aromatic carbocycles. The fourth-order valence-electron chi connectivity index (χ4n) is 7.89. The summed E-state index contributed by atoms with van der Waals surface area (Å²) in [5.74, 6) is -17.1. The fraction of sp³-hybridized carbons (Fsp3) is 0.143. The molecule has 2 heterocycles. The normalized spacial score (nSPS) is 15.2.